The Morgan fingerprint density at radius 1 is 1.26 bits per heavy atom. The van der Waals surface area contributed by atoms with Gasteiger partial charge in [-0.15, -0.1) is 0 Å². The standard InChI is InChI=1S/C18H22ClN3O/c19-15-2-1-14-6-8-22(17(14)9-15)12-18(23)20-10-13-5-7-21(11-13)16-3-4-16/h1-2,6,8-9,13,16H,3-5,7,10-12H2,(H,20,23)/t13-/m0/s1. The van der Waals surface area contributed by atoms with Crippen molar-refractivity contribution in [2.75, 3.05) is 19.6 Å². The van der Waals surface area contributed by atoms with Crippen LogP contribution in [-0.4, -0.2) is 41.1 Å². The van der Waals surface area contributed by atoms with E-state index >= 15 is 0 Å². The topological polar surface area (TPSA) is 37.3 Å². The number of carbonyl (C=O) groups is 1. The highest BCUT2D eigenvalue weighted by Gasteiger charge is 2.34. The summed E-state index contributed by atoms with van der Waals surface area (Å²) >= 11 is 6.06. The third kappa shape index (κ3) is 3.38. The zero-order chi connectivity index (χ0) is 15.8. The number of rotatable bonds is 5. The molecule has 4 nitrogen and oxygen atoms in total. The summed E-state index contributed by atoms with van der Waals surface area (Å²) in [6.07, 6.45) is 5.88. The summed E-state index contributed by atoms with van der Waals surface area (Å²) in [5.41, 5.74) is 1.01. The number of hydrogen-bond donors (Lipinski definition) is 1. The lowest BCUT2D eigenvalue weighted by Crippen LogP contribution is -2.33. The Bertz CT molecular complexity index is 722. The number of halogens is 1. The van der Waals surface area contributed by atoms with Crippen LogP contribution in [0.1, 0.15) is 19.3 Å². The van der Waals surface area contributed by atoms with Crippen molar-refractivity contribution in [3.63, 3.8) is 0 Å². The molecule has 1 saturated heterocycles. The average Bonchev–Trinajstić information content (AvgIpc) is 3.16. The van der Waals surface area contributed by atoms with Gasteiger partial charge in [-0.3, -0.25) is 4.79 Å². The van der Waals surface area contributed by atoms with Crippen LogP contribution in [-0.2, 0) is 11.3 Å². The predicted octanol–water partition coefficient (Wildman–Crippen LogP) is 2.90. The smallest absolute Gasteiger partial charge is 0.239 e. The van der Waals surface area contributed by atoms with Gasteiger partial charge in [-0.25, -0.2) is 0 Å². The van der Waals surface area contributed by atoms with Gasteiger partial charge in [0.1, 0.15) is 6.54 Å². The molecule has 2 aliphatic rings. The zero-order valence-electron chi connectivity index (χ0n) is 13.2. The Morgan fingerprint density at radius 2 is 2.13 bits per heavy atom. The fourth-order valence-electron chi connectivity index (χ4n) is 3.56. The normalized spacial score (nSPS) is 21.9. The van der Waals surface area contributed by atoms with Crippen molar-refractivity contribution < 1.29 is 4.79 Å². The van der Waals surface area contributed by atoms with Gasteiger partial charge in [0.15, 0.2) is 0 Å². The first-order valence-corrected chi connectivity index (χ1v) is 8.82. The number of likely N-dealkylation sites (tertiary alicyclic amines) is 1. The third-order valence-electron chi connectivity index (χ3n) is 5.02. The van der Waals surface area contributed by atoms with E-state index in [1.165, 1.54) is 25.8 Å². The molecular weight excluding hydrogens is 310 g/mol. The van der Waals surface area contributed by atoms with Crippen molar-refractivity contribution in [2.45, 2.75) is 31.8 Å². The molecule has 1 amide bonds. The van der Waals surface area contributed by atoms with Gasteiger partial charge in [-0.05, 0) is 55.3 Å². The molecule has 2 aromatic rings. The molecule has 0 unspecified atom stereocenters. The van der Waals surface area contributed by atoms with Crippen molar-refractivity contribution in [1.82, 2.24) is 14.8 Å². The van der Waals surface area contributed by atoms with Gasteiger partial charge in [-0.1, -0.05) is 17.7 Å². The Hall–Kier alpha value is -1.52. The molecule has 1 atom stereocenters. The first kappa shape index (κ1) is 15.0. The van der Waals surface area contributed by atoms with E-state index in [2.05, 4.69) is 10.2 Å². The van der Waals surface area contributed by atoms with Gasteiger partial charge < -0.3 is 14.8 Å². The average molecular weight is 332 g/mol. The number of fused-ring (bicyclic) bond motifs is 1. The Labute approximate surface area is 141 Å². The summed E-state index contributed by atoms with van der Waals surface area (Å²) in [6.45, 7) is 3.49. The van der Waals surface area contributed by atoms with Crippen LogP contribution < -0.4 is 5.32 Å². The molecule has 1 N–H and O–H groups in total. The van der Waals surface area contributed by atoms with Crippen molar-refractivity contribution in [2.24, 2.45) is 5.92 Å². The Balaban J connectivity index is 1.31. The van der Waals surface area contributed by atoms with Crippen molar-refractivity contribution in [3.8, 4) is 0 Å². The van der Waals surface area contributed by atoms with E-state index in [4.69, 9.17) is 11.6 Å². The van der Waals surface area contributed by atoms with Crippen LogP contribution in [0.5, 0.6) is 0 Å². The van der Waals surface area contributed by atoms with E-state index in [9.17, 15) is 4.79 Å². The molecule has 5 heteroatoms. The minimum absolute atomic E-state index is 0.0762. The summed E-state index contributed by atoms with van der Waals surface area (Å²) in [4.78, 5) is 14.8. The van der Waals surface area contributed by atoms with Crippen LogP contribution in [0.15, 0.2) is 30.5 Å². The largest absolute Gasteiger partial charge is 0.354 e. The third-order valence-corrected chi connectivity index (χ3v) is 5.25. The molecule has 4 rings (SSSR count). The van der Waals surface area contributed by atoms with Crippen molar-refractivity contribution in [3.05, 3.63) is 35.5 Å². The minimum Gasteiger partial charge on any atom is -0.354 e. The second-order valence-corrected chi connectivity index (χ2v) is 7.27. The van der Waals surface area contributed by atoms with Crippen LogP contribution in [0.3, 0.4) is 0 Å². The molecule has 23 heavy (non-hydrogen) atoms. The number of hydrogen-bond acceptors (Lipinski definition) is 2. The first-order valence-electron chi connectivity index (χ1n) is 8.44. The van der Waals surface area contributed by atoms with Crippen LogP contribution in [0.25, 0.3) is 10.9 Å². The van der Waals surface area contributed by atoms with Gasteiger partial charge in [0.05, 0.1) is 0 Å². The van der Waals surface area contributed by atoms with Gasteiger partial charge in [-0.2, -0.15) is 0 Å². The Morgan fingerprint density at radius 3 is 2.96 bits per heavy atom. The molecule has 0 bridgehead atoms. The first-order chi connectivity index (χ1) is 11.2. The molecule has 0 radical (unpaired) electrons. The van der Waals surface area contributed by atoms with E-state index < -0.39 is 0 Å². The molecular formula is C18H22ClN3O. The number of amides is 1. The van der Waals surface area contributed by atoms with E-state index in [-0.39, 0.29) is 5.91 Å². The van der Waals surface area contributed by atoms with Crippen molar-refractivity contribution in [1.29, 1.82) is 0 Å². The molecule has 2 fully saturated rings. The molecule has 2 heterocycles. The fourth-order valence-corrected chi connectivity index (χ4v) is 3.73. The van der Waals surface area contributed by atoms with Crippen LogP contribution >= 0.6 is 11.6 Å². The monoisotopic (exact) mass is 331 g/mol. The highest BCUT2D eigenvalue weighted by Crippen LogP contribution is 2.31. The summed E-state index contributed by atoms with van der Waals surface area (Å²) in [6, 6.07) is 8.63. The van der Waals surface area contributed by atoms with Gasteiger partial charge in [0.2, 0.25) is 5.91 Å². The van der Waals surface area contributed by atoms with Crippen LogP contribution in [0.2, 0.25) is 5.02 Å². The molecule has 1 saturated carbocycles. The maximum absolute atomic E-state index is 12.2. The van der Waals surface area contributed by atoms with Gasteiger partial charge in [0.25, 0.3) is 0 Å². The lowest BCUT2D eigenvalue weighted by atomic mass is 10.1. The minimum atomic E-state index is 0.0762. The number of nitrogens with one attached hydrogen (secondary N) is 1. The highest BCUT2D eigenvalue weighted by molar-refractivity contribution is 6.31. The molecule has 122 valence electrons. The summed E-state index contributed by atoms with van der Waals surface area (Å²) in [5, 5.41) is 4.91. The van der Waals surface area contributed by atoms with E-state index in [1.807, 2.05) is 35.0 Å². The maximum Gasteiger partial charge on any atom is 0.239 e. The lowest BCUT2D eigenvalue weighted by Gasteiger charge is -2.15. The van der Waals surface area contributed by atoms with Crippen LogP contribution in [0, 0.1) is 5.92 Å². The predicted molar refractivity (Wildman–Crippen MR) is 92.7 cm³/mol. The SMILES string of the molecule is O=C(Cn1ccc2ccc(Cl)cc21)NC[C@@H]1CCN(C2CC2)C1. The summed E-state index contributed by atoms with van der Waals surface area (Å²) in [5.74, 6) is 0.683. The highest BCUT2D eigenvalue weighted by atomic mass is 35.5. The second-order valence-electron chi connectivity index (χ2n) is 6.83. The Kier molecular flexibility index (Phi) is 4.04. The summed E-state index contributed by atoms with van der Waals surface area (Å²) < 4.78 is 1.96. The molecule has 1 aromatic heterocycles. The quantitative estimate of drug-likeness (QED) is 0.914. The zero-order valence-corrected chi connectivity index (χ0v) is 13.9. The van der Waals surface area contributed by atoms with E-state index in [0.717, 1.165) is 30.0 Å². The van der Waals surface area contributed by atoms with Gasteiger partial charge in [0, 0.05) is 35.9 Å². The number of benzene rings is 1. The van der Waals surface area contributed by atoms with E-state index in [1.54, 1.807) is 0 Å². The second kappa shape index (κ2) is 6.17. The lowest BCUT2D eigenvalue weighted by molar-refractivity contribution is -0.121. The molecule has 1 aliphatic heterocycles. The number of aromatic nitrogens is 1. The molecule has 1 aromatic carbocycles. The fraction of sp³-hybridized carbons (Fsp3) is 0.500. The summed E-state index contributed by atoms with van der Waals surface area (Å²) in [7, 11) is 0. The number of carbonyl (C=O) groups excluding carboxylic acids is 1. The van der Waals surface area contributed by atoms with Crippen LogP contribution in [0.4, 0.5) is 0 Å². The molecule has 1 aliphatic carbocycles. The van der Waals surface area contributed by atoms with Crippen molar-refractivity contribution >= 4 is 28.4 Å². The molecule has 0 spiro atoms. The maximum atomic E-state index is 12.2. The van der Waals surface area contributed by atoms with E-state index in [0.29, 0.717) is 17.5 Å². The van der Waals surface area contributed by atoms with Gasteiger partial charge >= 0.3 is 0 Å². The number of nitrogens with zero attached hydrogens (tertiary/aromatic N) is 2.